The highest BCUT2D eigenvalue weighted by Gasteiger charge is 2.32. The summed E-state index contributed by atoms with van der Waals surface area (Å²) >= 11 is 0. The van der Waals surface area contributed by atoms with Crippen molar-refractivity contribution in [3.05, 3.63) is 35.4 Å². The number of benzene rings is 1. The van der Waals surface area contributed by atoms with Crippen LogP contribution >= 0.6 is 0 Å². The molecule has 6 heteroatoms. The quantitative estimate of drug-likeness (QED) is 0.681. The van der Waals surface area contributed by atoms with E-state index in [-0.39, 0.29) is 5.91 Å². The van der Waals surface area contributed by atoms with Crippen LogP contribution < -0.4 is 5.32 Å². The fourth-order valence-electron chi connectivity index (χ4n) is 2.25. The number of anilines is 1. The van der Waals surface area contributed by atoms with Gasteiger partial charge in [0.05, 0.1) is 5.57 Å². The van der Waals surface area contributed by atoms with Gasteiger partial charge in [-0.25, -0.2) is 5.01 Å². The number of nitriles is 1. The molecular formula is C16H19N5O. The number of hydrogen-bond donors (Lipinski definition) is 1. The highest BCUT2D eigenvalue weighted by molar-refractivity contribution is 6.29. The van der Waals surface area contributed by atoms with Gasteiger partial charge >= 0.3 is 0 Å². The zero-order valence-corrected chi connectivity index (χ0v) is 13.2. The first-order valence-electron chi connectivity index (χ1n) is 7.02. The second-order valence-electron chi connectivity index (χ2n) is 5.12. The molecule has 0 spiro atoms. The van der Waals surface area contributed by atoms with Gasteiger partial charge in [0.2, 0.25) is 0 Å². The zero-order valence-electron chi connectivity index (χ0n) is 13.2. The lowest BCUT2D eigenvalue weighted by Crippen LogP contribution is -2.25. The van der Waals surface area contributed by atoms with Crippen LogP contribution in [0.15, 0.2) is 34.9 Å². The van der Waals surface area contributed by atoms with E-state index in [1.165, 1.54) is 5.01 Å². The van der Waals surface area contributed by atoms with Gasteiger partial charge in [0.15, 0.2) is 5.84 Å². The molecule has 1 aromatic carbocycles. The van der Waals surface area contributed by atoms with Crippen LogP contribution in [0.1, 0.15) is 12.5 Å². The molecule has 0 aromatic heterocycles. The Kier molecular flexibility index (Phi) is 4.47. The van der Waals surface area contributed by atoms with E-state index < -0.39 is 0 Å². The Labute approximate surface area is 130 Å². The molecule has 0 atom stereocenters. The molecule has 0 aliphatic carbocycles. The van der Waals surface area contributed by atoms with E-state index in [1.807, 2.05) is 31.2 Å². The lowest BCUT2D eigenvalue weighted by Gasteiger charge is -2.13. The van der Waals surface area contributed by atoms with Gasteiger partial charge in [-0.15, -0.1) is 0 Å². The summed E-state index contributed by atoms with van der Waals surface area (Å²) in [4.78, 5) is 14.1. The maximum atomic E-state index is 12.3. The van der Waals surface area contributed by atoms with E-state index in [1.54, 1.807) is 26.0 Å². The third-order valence-corrected chi connectivity index (χ3v) is 3.32. The van der Waals surface area contributed by atoms with Gasteiger partial charge in [-0.05, 0) is 24.6 Å². The maximum absolute atomic E-state index is 12.3. The van der Waals surface area contributed by atoms with Crippen LogP contribution in [-0.4, -0.2) is 49.3 Å². The van der Waals surface area contributed by atoms with Crippen molar-refractivity contribution < 1.29 is 4.79 Å². The van der Waals surface area contributed by atoms with Crippen molar-refractivity contribution in [2.24, 2.45) is 5.10 Å². The van der Waals surface area contributed by atoms with Crippen molar-refractivity contribution >= 4 is 23.0 Å². The largest absolute Gasteiger partial charge is 0.385 e. The number of hydrogen-bond acceptors (Lipinski definition) is 5. The van der Waals surface area contributed by atoms with Crippen molar-refractivity contribution in [1.82, 2.24) is 9.91 Å². The summed E-state index contributed by atoms with van der Waals surface area (Å²) in [7, 11) is 5.19. The molecule has 1 N–H and O–H groups in total. The predicted molar refractivity (Wildman–Crippen MR) is 87.0 cm³/mol. The SMILES string of the molecule is CCNc1ccc(/C(C#N)=C2/C(=O)N(C)N=C2N(C)C)cc1. The highest BCUT2D eigenvalue weighted by atomic mass is 16.2. The zero-order chi connectivity index (χ0) is 16.3. The van der Waals surface area contributed by atoms with Crippen molar-refractivity contribution in [3.63, 3.8) is 0 Å². The Morgan fingerprint density at radius 2 is 2.00 bits per heavy atom. The lowest BCUT2D eigenvalue weighted by atomic mass is 9.99. The average molecular weight is 297 g/mol. The summed E-state index contributed by atoms with van der Waals surface area (Å²) in [6.07, 6.45) is 0. The molecule has 1 aromatic rings. The van der Waals surface area contributed by atoms with E-state index in [0.717, 1.165) is 12.2 Å². The summed E-state index contributed by atoms with van der Waals surface area (Å²) in [6.45, 7) is 2.84. The summed E-state index contributed by atoms with van der Waals surface area (Å²) in [5.41, 5.74) is 2.36. The Morgan fingerprint density at radius 1 is 1.36 bits per heavy atom. The van der Waals surface area contributed by atoms with E-state index in [9.17, 15) is 10.1 Å². The molecule has 22 heavy (non-hydrogen) atoms. The topological polar surface area (TPSA) is 71.7 Å². The van der Waals surface area contributed by atoms with Crippen LogP contribution in [0.3, 0.4) is 0 Å². The summed E-state index contributed by atoms with van der Waals surface area (Å²) < 4.78 is 0. The van der Waals surface area contributed by atoms with Crippen molar-refractivity contribution in [2.75, 3.05) is 33.0 Å². The molecule has 0 fully saturated rings. The number of carbonyl (C=O) groups excluding carboxylic acids is 1. The van der Waals surface area contributed by atoms with E-state index in [0.29, 0.717) is 22.5 Å². The lowest BCUT2D eigenvalue weighted by molar-refractivity contribution is -0.124. The Bertz CT molecular complexity index is 679. The summed E-state index contributed by atoms with van der Waals surface area (Å²) in [5, 5.41) is 18.2. The smallest absolute Gasteiger partial charge is 0.278 e. The standard InChI is InChI=1S/C16H19N5O/c1-5-18-12-8-6-11(7-9-12)13(10-17)14-15(20(2)3)19-21(4)16(14)22/h6-9,18H,5H2,1-4H3/b14-13+. The average Bonchev–Trinajstić information content (AvgIpc) is 2.79. The molecule has 1 amide bonds. The number of allylic oxidation sites excluding steroid dienone is 1. The number of rotatable bonds is 3. The number of nitrogens with one attached hydrogen (secondary N) is 1. The first-order chi connectivity index (χ1) is 10.5. The summed E-state index contributed by atoms with van der Waals surface area (Å²) in [5.74, 6) is 0.232. The van der Waals surface area contributed by atoms with E-state index in [2.05, 4.69) is 16.5 Å². The molecule has 0 bridgehead atoms. The fourth-order valence-corrected chi connectivity index (χ4v) is 2.25. The van der Waals surface area contributed by atoms with Gasteiger partial charge in [-0.2, -0.15) is 10.4 Å². The first-order valence-corrected chi connectivity index (χ1v) is 7.02. The monoisotopic (exact) mass is 297 g/mol. The molecule has 0 saturated carbocycles. The molecular weight excluding hydrogens is 278 g/mol. The van der Waals surface area contributed by atoms with Crippen LogP contribution in [0.25, 0.3) is 5.57 Å². The minimum Gasteiger partial charge on any atom is -0.385 e. The molecule has 1 heterocycles. The second kappa shape index (κ2) is 6.31. The Balaban J connectivity index is 2.52. The fraction of sp³-hybridized carbons (Fsp3) is 0.312. The van der Waals surface area contributed by atoms with Gasteiger partial charge in [-0.1, -0.05) is 12.1 Å². The third kappa shape index (κ3) is 2.79. The number of amidine groups is 1. The first kappa shape index (κ1) is 15.6. The molecule has 1 aliphatic heterocycles. The van der Waals surface area contributed by atoms with Crippen LogP contribution in [0.5, 0.6) is 0 Å². The highest BCUT2D eigenvalue weighted by Crippen LogP contribution is 2.26. The van der Waals surface area contributed by atoms with Crippen LogP contribution in [0, 0.1) is 11.3 Å². The maximum Gasteiger partial charge on any atom is 0.278 e. The van der Waals surface area contributed by atoms with Gasteiger partial charge in [-0.3, -0.25) is 4.79 Å². The van der Waals surface area contributed by atoms with Gasteiger partial charge in [0.1, 0.15) is 11.6 Å². The minimum absolute atomic E-state index is 0.268. The molecule has 1 aliphatic rings. The van der Waals surface area contributed by atoms with Gasteiger partial charge < -0.3 is 10.2 Å². The number of carbonyl (C=O) groups is 1. The predicted octanol–water partition coefficient (Wildman–Crippen LogP) is 1.74. The van der Waals surface area contributed by atoms with E-state index in [4.69, 9.17) is 0 Å². The van der Waals surface area contributed by atoms with Gasteiger partial charge in [0, 0.05) is 33.4 Å². The normalized spacial score (nSPS) is 16.2. The van der Waals surface area contributed by atoms with Crippen LogP contribution in [0.2, 0.25) is 0 Å². The van der Waals surface area contributed by atoms with Crippen LogP contribution in [0.4, 0.5) is 5.69 Å². The number of likely N-dealkylation sites (N-methyl/N-ethyl adjacent to an activating group) is 2. The molecule has 6 nitrogen and oxygen atoms in total. The molecule has 2 rings (SSSR count). The second-order valence-corrected chi connectivity index (χ2v) is 5.12. The third-order valence-electron chi connectivity index (χ3n) is 3.32. The van der Waals surface area contributed by atoms with E-state index >= 15 is 0 Å². The molecule has 0 unspecified atom stereocenters. The number of amides is 1. The minimum atomic E-state index is -0.268. The van der Waals surface area contributed by atoms with Gasteiger partial charge in [0.25, 0.3) is 5.91 Å². The molecule has 0 radical (unpaired) electrons. The number of hydrazone groups is 1. The Hall–Kier alpha value is -2.81. The summed E-state index contributed by atoms with van der Waals surface area (Å²) in [6, 6.07) is 9.61. The Morgan fingerprint density at radius 3 is 2.50 bits per heavy atom. The van der Waals surface area contributed by atoms with Crippen molar-refractivity contribution in [3.8, 4) is 6.07 Å². The van der Waals surface area contributed by atoms with Crippen molar-refractivity contribution in [1.29, 1.82) is 5.26 Å². The van der Waals surface area contributed by atoms with Crippen LogP contribution in [-0.2, 0) is 4.79 Å². The number of nitrogens with zero attached hydrogens (tertiary/aromatic N) is 4. The van der Waals surface area contributed by atoms with Crippen molar-refractivity contribution in [2.45, 2.75) is 6.92 Å². The molecule has 0 saturated heterocycles. The molecule has 114 valence electrons.